The maximum atomic E-state index is 12.3. The van der Waals surface area contributed by atoms with Gasteiger partial charge in [0.1, 0.15) is 6.04 Å². The number of nitrogens with one attached hydrogen (secondary N) is 1. The number of hydrogen-bond acceptors (Lipinski definition) is 4. The lowest BCUT2D eigenvalue weighted by Gasteiger charge is -2.22. The lowest BCUT2D eigenvalue weighted by atomic mass is 10.1. The molecule has 0 saturated heterocycles. The lowest BCUT2D eigenvalue weighted by molar-refractivity contribution is -0.147. The summed E-state index contributed by atoms with van der Waals surface area (Å²) < 4.78 is 41.8. The van der Waals surface area contributed by atoms with Crippen LogP contribution in [0.5, 0.6) is 0 Å². The van der Waals surface area contributed by atoms with Gasteiger partial charge in [-0.3, -0.25) is 4.98 Å². The number of aromatic nitrogens is 1. The fourth-order valence-electron chi connectivity index (χ4n) is 1.42. The molecule has 102 valence electrons. The molecule has 1 aromatic rings. The highest BCUT2D eigenvalue weighted by Crippen LogP contribution is 2.19. The average molecular weight is 263 g/mol. The van der Waals surface area contributed by atoms with Gasteiger partial charge >= 0.3 is 6.18 Å². The zero-order chi connectivity index (χ0) is 13.6. The maximum absolute atomic E-state index is 12.3. The minimum absolute atomic E-state index is 0.259. The van der Waals surface area contributed by atoms with Gasteiger partial charge in [-0.15, -0.1) is 0 Å². The van der Waals surface area contributed by atoms with E-state index in [1.54, 1.807) is 24.5 Å². The average Bonchev–Trinajstić information content (AvgIpc) is 2.34. The van der Waals surface area contributed by atoms with E-state index >= 15 is 0 Å². The van der Waals surface area contributed by atoms with Crippen LogP contribution in [0.3, 0.4) is 0 Å². The molecule has 0 radical (unpaired) electrons. The van der Waals surface area contributed by atoms with Gasteiger partial charge in [-0.25, -0.2) is 0 Å². The quantitative estimate of drug-likeness (QED) is 0.811. The molecule has 0 bridgehead atoms. The van der Waals surface area contributed by atoms with Gasteiger partial charge in [-0.05, 0) is 17.7 Å². The molecule has 3 N–H and O–H groups in total. The summed E-state index contributed by atoms with van der Waals surface area (Å²) in [6, 6.07) is 1.20. The van der Waals surface area contributed by atoms with Crippen molar-refractivity contribution < 1.29 is 17.9 Å². The van der Waals surface area contributed by atoms with Crippen LogP contribution in [-0.4, -0.2) is 37.5 Å². The largest absolute Gasteiger partial charge is 0.404 e. The van der Waals surface area contributed by atoms with E-state index in [1.165, 1.54) is 7.11 Å². The van der Waals surface area contributed by atoms with E-state index in [2.05, 4.69) is 10.3 Å². The van der Waals surface area contributed by atoms with Gasteiger partial charge in [0.25, 0.3) is 0 Å². The predicted octanol–water partition coefficient (Wildman–Crippen LogP) is 1.25. The summed E-state index contributed by atoms with van der Waals surface area (Å²) in [7, 11) is 1.49. The van der Waals surface area contributed by atoms with Crippen LogP contribution in [0.2, 0.25) is 0 Å². The summed E-state index contributed by atoms with van der Waals surface area (Å²) in [4.78, 5) is 3.85. The Hall–Kier alpha value is -1.18. The van der Waals surface area contributed by atoms with Gasteiger partial charge in [-0.2, -0.15) is 13.2 Å². The third kappa shape index (κ3) is 4.59. The number of rotatable bonds is 6. The fraction of sp³-hybridized carbons (Fsp3) is 0.545. The van der Waals surface area contributed by atoms with E-state index < -0.39 is 12.2 Å². The molecular weight excluding hydrogens is 247 g/mol. The first kappa shape index (κ1) is 14.9. The Morgan fingerprint density at radius 3 is 2.50 bits per heavy atom. The first-order chi connectivity index (χ1) is 8.45. The third-order valence-electron chi connectivity index (χ3n) is 2.45. The minimum atomic E-state index is -4.40. The number of alkyl halides is 3. The molecule has 18 heavy (non-hydrogen) atoms. The molecule has 0 saturated carbocycles. The van der Waals surface area contributed by atoms with Crippen LogP contribution in [0, 0.1) is 0 Å². The molecule has 7 heteroatoms. The van der Waals surface area contributed by atoms with Crippen LogP contribution >= 0.6 is 0 Å². The molecule has 0 fully saturated rings. The van der Waals surface area contributed by atoms with E-state index in [-0.39, 0.29) is 19.2 Å². The van der Waals surface area contributed by atoms with Crippen LogP contribution in [-0.2, 0) is 4.74 Å². The summed E-state index contributed by atoms with van der Waals surface area (Å²) in [5.41, 5.74) is 5.84. The van der Waals surface area contributed by atoms with Gasteiger partial charge in [-0.1, -0.05) is 0 Å². The van der Waals surface area contributed by atoms with E-state index in [0.717, 1.165) is 5.56 Å². The van der Waals surface area contributed by atoms with Gasteiger partial charge in [0.15, 0.2) is 0 Å². The Morgan fingerprint density at radius 2 is 2.00 bits per heavy atom. The molecule has 0 amide bonds. The van der Waals surface area contributed by atoms with Crippen molar-refractivity contribution in [2.24, 2.45) is 5.73 Å². The van der Waals surface area contributed by atoms with Crippen molar-refractivity contribution in [3.63, 3.8) is 0 Å². The zero-order valence-corrected chi connectivity index (χ0v) is 9.95. The van der Waals surface area contributed by atoms with Crippen molar-refractivity contribution in [2.75, 3.05) is 20.3 Å². The Labute approximate surface area is 103 Å². The first-order valence-electron chi connectivity index (χ1n) is 5.39. The molecule has 2 atom stereocenters. The molecule has 0 aliphatic rings. The molecule has 0 aromatic carbocycles. The molecule has 0 spiro atoms. The fourth-order valence-corrected chi connectivity index (χ4v) is 1.42. The standard InChI is InChI=1S/C11H16F3N3O/c1-18-7-9(8-2-4-16-5-3-8)17-6-10(15)11(12,13)14/h2-5,9-10,17H,6-7,15H2,1H3/t9?,10-/m0/s1. The number of hydrogen-bond donors (Lipinski definition) is 2. The van der Waals surface area contributed by atoms with E-state index in [9.17, 15) is 13.2 Å². The van der Waals surface area contributed by atoms with Crippen molar-refractivity contribution in [3.8, 4) is 0 Å². The van der Waals surface area contributed by atoms with Crippen LogP contribution in [0.25, 0.3) is 0 Å². The number of nitrogens with zero attached hydrogens (tertiary/aromatic N) is 1. The van der Waals surface area contributed by atoms with Crippen molar-refractivity contribution in [1.82, 2.24) is 10.3 Å². The molecule has 0 aliphatic carbocycles. The second-order valence-corrected chi connectivity index (χ2v) is 3.84. The van der Waals surface area contributed by atoms with E-state index in [0.29, 0.717) is 0 Å². The van der Waals surface area contributed by atoms with Gasteiger partial charge in [0.05, 0.1) is 12.6 Å². The van der Waals surface area contributed by atoms with E-state index in [1.807, 2.05) is 0 Å². The van der Waals surface area contributed by atoms with Crippen LogP contribution in [0.1, 0.15) is 11.6 Å². The normalized spacial score (nSPS) is 15.4. The highest BCUT2D eigenvalue weighted by atomic mass is 19.4. The van der Waals surface area contributed by atoms with Crippen molar-refractivity contribution >= 4 is 0 Å². The summed E-state index contributed by atoms with van der Waals surface area (Å²) in [6.45, 7) is -0.103. The summed E-state index contributed by atoms with van der Waals surface area (Å²) in [6.07, 6.45) is -1.25. The lowest BCUT2D eigenvalue weighted by Crippen LogP contribution is -2.46. The van der Waals surface area contributed by atoms with Crippen molar-refractivity contribution in [3.05, 3.63) is 30.1 Å². The number of pyridine rings is 1. The zero-order valence-electron chi connectivity index (χ0n) is 9.95. The van der Waals surface area contributed by atoms with Crippen LogP contribution in [0.4, 0.5) is 13.2 Å². The number of nitrogens with two attached hydrogens (primary N) is 1. The Morgan fingerprint density at radius 1 is 1.39 bits per heavy atom. The Balaban J connectivity index is 2.59. The topological polar surface area (TPSA) is 60.2 Å². The second kappa shape index (κ2) is 6.67. The van der Waals surface area contributed by atoms with Gasteiger partial charge in [0, 0.05) is 26.0 Å². The van der Waals surface area contributed by atoms with Crippen LogP contribution < -0.4 is 11.1 Å². The summed E-state index contributed by atoms with van der Waals surface area (Å²) in [5.74, 6) is 0. The van der Waals surface area contributed by atoms with E-state index in [4.69, 9.17) is 10.5 Å². The molecule has 1 unspecified atom stereocenters. The second-order valence-electron chi connectivity index (χ2n) is 3.84. The molecule has 4 nitrogen and oxygen atoms in total. The smallest absolute Gasteiger partial charge is 0.383 e. The molecule has 1 heterocycles. The minimum Gasteiger partial charge on any atom is -0.383 e. The van der Waals surface area contributed by atoms with Crippen molar-refractivity contribution in [1.29, 1.82) is 0 Å². The molecule has 1 aromatic heterocycles. The maximum Gasteiger partial charge on any atom is 0.404 e. The van der Waals surface area contributed by atoms with Gasteiger partial charge in [0.2, 0.25) is 0 Å². The highest BCUT2D eigenvalue weighted by molar-refractivity contribution is 5.15. The highest BCUT2D eigenvalue weighted by Gasteiger charge is 2.36. The SMILES string of the molecule is COCC(NC[C@H](N)C(F)(F)F)c1ccncc1. The summed E-state index contributed by atoms with van der Waals surface area (Å²) in [5, 5.41) is 2.75. The van der Waals surface area contributed by atoms with Crippen LogP contribution in [0.15, 0.2) is 24.5 Å². The molecule has 1 rings (SSSR count). The number of halogens is 3. The monoisotopic (exact) mass is 263 g/mol. The van der Waals surface area contributed by atoms with Gasteiger partial charge < -0.3 is 15.8 Å². The van der Waals surface area contributed by atoms with Crippen molar-refractivity contribution in [2.45, 2.75) is 18.3 Å². The molecular formula is C11H16F3N3O. The molecule has 0 aliphatic heterocycles. The Bertz CT molecular complexity index is 345. The first-order valence-corrected chi connectivity index (χ1v) is 5.39. The Kier molecular flexibility index (Phi) is 5.52. The third-order valence-corrected chi connectivity index (χ3v) is 2.45. The summed E-state index contributed by atoms with van der Waals surface area (Å²) >= 11 is 0. The predicted molar refractivity (Wildman–Crippen MR) is 60.9 cm³/mol. The number of methoxy groups -OCH3 is 1. The number of ether oxygens (including phenoxy) is 1.